The first-order valence-electron chi connectivity index (χ1n) is 12.3. The van der Waals surface area contributed by atoms with Gasteiger partial charge in [0, 0.05) is 24.2 Å². The van der Waals surface area contributed by atoms with Crippen molar-refractivity contribution in [3.63, 3.8) is 0 Å². The fourth-order valence-electron chi connectivity index (χ4n) is 4.42. The predicted molar refractivity (Wildman–Crippen MR) is 152 cm³/mol. The number of benzene rings is 3. The molecule has 0 spiro atoms. The van der Waals surface area contributed by atoms with Crippen molar-refractivity contribution in [2.24, 2.45) is 0 Å². The van der Waals surface area contributed by atoms with Gasteiger partial charge >= 0.3 is 0 Å². The number of nitrogens with one attached hydrogen (secondary N) is 3. The van der Waals surface area contributed by atoms with Gasteiger partial charge in [0.05, 0.1) is 22.7 Å². The van der Waals surface area contributed by atoms with Crippen molar-refractivity contribution in [3.05, 3.63) is 82.4 Å². The van der Waals surface area contributed by atoms with Gasteiger partial charge in [0.1, 0.15) is 6.04 Å². The third-order valence-corrected chi connectivity index (χ3v) is 8.74. The maximum Gasteiger partial charge on any atom is 0.265 e. The minimum atomic E-state index is -4.25. The summed E-state index contributed by atoms with van der Waals surface area (Å²) in [5.41, 5.74) is 3.24. The molecule has 39 heavy (non-hydrogen) atoms. The lowest BCUT2D eigenvalue weighted by Crippen LogP contribution is -2.53. The molecule has 1 aliphatic heterocycles. The van der Waals surface area contributed by atoms with E-state index >= 15 is 0 Å². The Morgan fingerprint density at radius 2 is 1.72 bits per heavy atom. The largest absolute Gasteiger partial charge is 0.356 e. The Morgan fingerprint density at radius 1 is 1.03 bits per heavy atom. The summed E-state index contributed by atoms with van der Waals surface area (Å²) in [7, 11) is -4.25. The van der Waals surface area contributed by atoms with E-state index in [2.05, 4.69) is 16.0 Å². The normalized spacial score (nSPS) is 14.8. The summed E-state index contributed by atoms with van der Waals surface area (Å²) >= 11 is 6.20. The van der Waals surface area contributed by atoms with Crippen LogP contribution in [-0.2, 0) is 30.8 Å². The number of halogens is 1. The first kappa shape index (κ1) is 28.1. The highest BCUT2D eigenvalue weighted by atomic mass is 35.5. The van der Waals surface area contributed by atoms with Gasteiger partial charge in [-0.25, -0.2) is 8.42 Å². The van der Waals surface area contributed by atoms with Crippen molar-refractivity contribution < 1.29 is 22.8 Å². The van der Waals surface area contributed by atoms with Crippen LogP contribution in [0.5, 0.6) is 0 Å². The third-order valence-electron chi connectivity index (χ3n) is 6.37. The highest BCUT2D eigenvalue weighted by Crippen LogP contribution is 2.38. The summed E-state index contributed by atoms with van der Waals surface area (Å²) in [6.45, 7) is 5.05. The Labute approximate surface area is 232 Å². The molecule has 3 N–H and O–H groups in total. The number of carbonyl (C=O) groups is 3. The highest BCUT2D eigenvalue weighted by Gasteiger charge is 2.42. The SMILES string of the molecule is CC(=O)Nc1ccc(CCNC(=O)C[C@@H]2C(=O)Nc3ccccc3N2S(=O)(=O)c2cc(C)c(Cl)cc2C)cc1. The van der Waals surface area contributed by atoms with Gasteiger partial charge in [-0.2, -0.15) is 0 Å². The second kappa shape index (κ2) is 11.5. The fraction of sp³-hybridized carbons (Fsp3) is 0.250. The van der Waals surface area contributed by atoms with Gasteiger partial charge in [-0.3, -0.25) is 18.7 Å². The predicted octanol–water partition coefficient (Wildman–Crippen LogP) is 4.18. The van der Waals surface area contributed by atoms with Crippen molar-refractivity contribution in [1.82, 2.24) is 5.32 Å². The molecular weight excluding hydrogens is 540 g/mol. The van der Waals surface area contributed by atoms with E-state index in [0.717, 1.165) is 9.87 Å². The van der Waals surface area contributed by atoms with Crippen LogP contribution in [-0.4, -0.2) is 38.7 Å². The number of carbonyl (C=O) groups excluding carboxylic acids is 3. The van der Waals surface area contributed by atoms with Crippen LogP contribution in [0.2, 0.25) is 5.02 Å². The minimum absolute atomic E-state index is 0.0158. The third kappa shape index (κ3) is 6.23. The van der Waals surface area contributed by atoms with Crippen molar-refractivity contribution in [2.75, 3.05) is 21.5 Å². The van der Waals surface area contributed by atoms with Gasteiger partial charge in [0.2, 0.25) is 17.7 Å². The number of sulfonamides is 1. The molecule has 0 unspecified atom stereocenters. The Kier molecular flexibility index (Phi) is 8.27. The number of rotatable bonds is 8. The van der Waals surface area contributed by atoms with Crippen LogP contribution in [0.25, 0.3) is 0 Å². The maximum absolute atomic E-state index is 14.0. The molecule has 0 radical (unpaired) electrons. The van der Waals surface area contributed by atoms with Crippen molar-refractivity contribution in [3.8, 4) is 0 Å². The van der Waals surface area contributed by atoms with E-state index in [1.54, 1.807) is 56.3 Å². The van der Waals surface area contributed by atoms with Crippen molar-refractivity contribution in [1.29, 1.82) is 0 Å². The summed E-state index contributed by atoms with van der Waals surface area (Å²) in [6.07, 6.45) is 0.142. The number of para-hydroxylation sites is 2. The fourth-order valence-corrected chi connectivity index (χ4v) is 6.57. The average Bonchev–Trinajstić information content (AvgIpc) is 2.87. The van der Waals surface area contributed by atoms with Crippen LogP contribution in [0.1, 0.15) is 30.0 Å². The van der Waals surface area contributed by atoms with Crippen LogP contribution >= 0.6 is 11.6 Å². The molecule has 3 amide bonds. The van der Waals surface area contributed by atoms with Gasteiger partial charge in [-0.15, -0.1) is 0 Å². The average molecular weight is 569 g/mol. The molecule has 0 bridgehead atoms. The molecule has 0 fully saturated rings. The summed E-state index contributed by atoms with van der Waals surface area (Å²) in [6, 6.07) is 15.6. The highest BCUT2D eigenvalue weighted by molar-refractivity contribution is 7.93. The lowest BCUT2D eigenvalue weighted by molar-refractivity contribution is -0.125. The molecule has 1 atom stereocenters. The van der Waals surface area contributed by atoms with E-state index in [-0.39, 0.29) is 29.5 Å². The van der Waals surface area contributed by atoms with E-state index in [1.165, 1.54) is 13.0 Å². The molecule has 1 aliphatic rings. The van der Waals surface area contributed by atoms with Crippen LogP contribution in [0.4, 0.5) is 17.1 Å². The van der Waals surface area contributed by atoms with Crippen LogP contribution in [0.15, 0.2) is 65.6 Å². The number of anilines is 3. The van der Waals surface area contributed by atoms with Gasteiger partial charge in [-0.05, 0) is 73.4 Å². The van der Waals surface area contributed by atoms with E-state index in [4.69, 9.17) is 11.6 Å². The molecule has 4 rings (SSSR count). The molecule has 0 saturated carbocycles. The first-order valence-corrected chi connectivity index (χ1v) is 14.1. The zero-order valence-corrected chi connectivity index (χ0v) is 23.3. The standard InChI is InChI=1S/C28H29ClN4O5S/c1-17-15-26(18(2)14-22(17)29)39(37,38)33-24-7-5-4-6-23(24)32-28(36)25(33)16-27(35)30-13-12-20-8-10-21(11-9-20)31-19(3)34/h4-11,14-15,25H,12-13,16H2,1-3H3,(H,30,35)(H,31,34)(H,32,36)/t25-/m1/s1. The lowest BCUT2D eigenvalue weighted by Gasteiger charge is -2.37. The number of hydrogen-bond acceptors (Lipinski definition) is 5. The van der Waals surface area contributed by atoms with Crippen LogP contribution in [0, 0.1) is 13.8 Å². The number of hydrogen-bond donors (Lipinski definition) is 3. The molecule has 1 heterocycles. The van der Waals surface area contributed by atoms with Gasteiger partial charge in [-0.1, -0.05) is 35.9 Å². The van der Waals surface area contributed by atoms with E-state index in [0.29, 0.717) is 33.9 Å². The molecule has 3 aromatic rings. The quantitative estimate of drug-likeness (QED) is 0.376. The summed E-state index contributed by atoms with van der Waals surface area (Å²) < 4.78 is 29.1. The molecule has 0 aliphatic carbocycles. The topological polar surface area (TPSA) is 125 Å². The van der Waals surface area contributed by atoms with Gasteiger partial charge in [0.25, 0.3) is 10.0 Å². The van der Waals surface area contributed by atoms with Crippen molar-refractivity contribution >= 4 is 56.4 Å². The van der Waals surface area contributed by atoms with E-state index in [1.807, 2.05) is 12.1 Å². The van der Waals surface area contributed by atoms with Gasteiger partial charge in [0.15, 0.2) is 0 Å². The summed E-state index contributed by atoms with van der Waals surface area (Å²) in [5, 5.41) is 8.64. The number of fused-ring (bicyclic) bond motifs is 1. The van der Waals surface area contributed by atoms with Crippen LogP contribution in [0.3, 0.4) is 0 Å². The lowest BCUT2D eigenvalue weighted by atomic mass is 10.1. The molecule has 0 aromatic heterocycles. The Balaban J connectivity index is 1.54. The molecule has 3 aromatic carbocycles. The molecular formula is C28H29ClN4O5S. The Morgan fingerprint density at radius 3 is 2.41 bits per heavy atom. The first-order chi connectivity index (χ1) is 18.5. The molecule has 11 heteroatoms. The van der Waals surface area contributed by atoms with E-state index < -0.39 is 27.9 Å². The maximum atomic E-state index is 14.0. The van der Waals surface area contributed by atoms with Gasteiger partial charge < -0.3 is 16.0 Å². The zero-order chi connectivity index (χ0) is 28.3. The zero-order valence-electron chi connectivity index (χ0n) is 21.7. The van der Waals surface area contributed by atoms with E-state index in [9.17, 15) is 22.8 Å². The number of amides is 3. The summed E-state index contributed by atoms with van der Waals surface area (Å²) in [4.78, 5) is 37.3. The van der Waals surface area contributed by atoms with Crippen molar-refractivity contribution in [2.45, 2.75) is 44.6 Å². The second-order valence-corrected chi connectivity index (χ2v) is 11.6. The number of nitrogens with zero attached hydrogens (tertiary/aromatic N) is 1. The molecule has 9 nitrogen and oxygen atoms in total. The smallest absolute Gasteiger partial charge is 0.265 e. The number of aryl methyl sites for hydroxylation is 2. The Bertz CT molecular complexity index is 1540. The second-order valence-electron chi connectivity index (χ2n) is 9.37. The monoisotopic (exact) mass is 568 g/mol. The Hall–Kier alpha value is -3.89. The molecule has 0 saturated heterocycles. The summed E-state index contributed by atoms with van der Waals surface area (Å²) in [5.74, 6) is -1.22. The molecule has 204 valence electrons. The minimum Gasteiger partial charge on any atom is -0.356 e. The van der Waals surface area contributed by atoms with Crippen LogP contribution < -0.4 is 20.3 Å².